The number of methoxy groups -OCH3 is 1. The van der Waals surface area contributed by atoms with E-state index in [1.807, 2.05) is 37.9 Å². The molecule has 4 aliphatic heterocycles. The Hall–Kier alpha value is -4.35. The molecular weight excluding hydrogens is 885 g/mol. The molecule has 4 unspecified atom stereocenters. The first-order valence-electron chi connectivity index (χ1n) is 24.3. The molecule has 1 N–H and O–H groups in total. The van der Waals surface area contributed by atoms with E-state index in [1.54, 1.807) is 35.8 Å². The number of nitrogens with one attached hydrogen (secondary N) is 1. The number of hydrogen-bond donors (Lipinski definition) is 1. The van der Waals surface area contributed by atoms with Crippen LogP contribution in [0.15, 0.2) is 41.9 Å². The number of pyridine rings is 1. The molecule has 2 saturated carbocycles. The fraction of sp³-hybridized carbons (Fsp3) is 0.608. The van der Waals surface area contributed by atoms with Crippen LogP contribution in [0.4, 0.5) is 4.79 Å². The monoisotopic (exact) mass is 950 g/mol. The van der Waals surface area contributed by atoms with Gasteiger partial charge in [0.25, 0.3) is 0 Å². The maximum absolute atomic E-state index is 15.5. The summed E-state index contributed by atoms with van der Waals surface area (Å²) in [4.78, 5) is 75.7. The van der Waals surface area contributed by atoms with Crippen molar-refractivity contribution < 1.29 is 28.7 Å². The van der Waals surface area contributed by atoms with E-state index in [4.69, 9.17) is 19.4 Å². The fourth-order valence-corrected chi connectivity index (χ4v) is 14.7. The zero-order chi connectivity index (χ0) is 47.3. The van der Waals surface area contributed by atoms with Gasteiger partial charge in [-0.1, -0.05) is 33.8 Å². The number of amides is 3. The van der Waals surface area contributed by atoms with Crippen LogP contribution in [0.1, 0.15) is 89.6 Å². The molecule has 67 heavy (non-hydrogen) atoms. The number of hydrogen-bond acceptors (Lipinski definition) is 12. The number of benzene rings is 1. The molecule has 3 amide bonds. The Balaban J connectivity index is 1.06. The number of esters is 1. The number of ketones is 1. The van der Waals surface area contributed by atoms with E-state index >= 15 is 9.59 Å². The van der Waals surface area contributed by atoms with Crippen molar-refractivity contribution in [2.24, 2.45) is 22.7 Å². The van der Waals surface area contributed by atoms with Gasteiger partial charge in [0.1, 0.15) is 6.04 Å². The lowest BCUT2D eigenvalue weighted by Crippen LogP contribution is -2.69. The first-order valence-corrected chi connectivity index (χ1v) is 26.1. The molecule has 6 aliphatic rings. The van der Waals surface area contributed by atoms with Crippen LogP contribution in [0.5, 0.6) is 0 Å². The summed E-state index contributed by atoms with van der Waals surface area (Å²) in [5.74, 6) is -1.47. The van der Waals surface area contributed by atoms with E-state index in [2.05, 4.69) is 72.4 Å². The summed E-state index contributed by atoms with van der Waals surface area (Å²) in [6, 6.07) is 9.07. The Morgan fingerprint density at radius 1 is 1.09 bits per heavy atom. The lowest BCUT2D eigenvalue weighted by atomic mass is 9.55. The summed E-state index contributed by atoms with van der Waals surface area (Å²) < 4.78 is 14.4. The van der Waals surface area contributed by atoms with Gasteiger partial charge in [-0.3, -0.25) is 24.4 Å². The molecule has 2 aliphatic carbocycles. The molecular formula is C51H66N8O6S2. The number of piperazine rings is 1. The topological polar surface area (TPSA) is 142 Å². The number of aromatic nitrogens is 3. The molecule has 358 valence electrons. The highest BCUT2D eigenvalue weighted by Crippen LogP contribution is 2.73. The molecule has 3 saturated heterocycles. The third-order valence-corrected chi connectivity index (χ3v) is 18.1. The first kappa shape index (κ1) is 46.4. The zero-order valence-corrected chi connectivity index (χ0v) is 42.1. The number of aryl methyl sites for hydroxylation is 1. The highest BCUT2D eigenvalue weighted by Gasteiger charge is 2.79. The normalized spacial score (nSPS) is 27.6. The van der Waals surface area contributed by atoms with Gasteiger partial charge in [-0.25, -0.2) is 15.2 Å². The number of ether oxygens (including phenoxy) is 2. The molecule has 5 fully saturated rings. The van der Waals surface area contributed by atoms with E-state index in [1.165, 1.54) is 11.3 Å². The number of thioether (sulfide) groups is 1. The van der Waals surface area contributed by atoms with Crippen molar-refractivity contribution in [3.8, 4) is 22.5 Å². The Labute approximate surface area is 402 Å². The van der Waals surface area contributed by atoms with Crippen molar-refractivity contribution in [2.45, 2.75) is 121 Å². The molecule has 7 heterocycles. The minimum Gasteiger partial charge on any atom is -0.464 e. The van der Waals surface area contributed by atoms with Crippen LogP contribution in [-0.2, 0) is 43.2 Å². The molecule has 16 heteroatoms. The van der Waals surface area contributed by atoms with Gasteiger partial charge in [0.2, 0.25) is 5.91 Å². The van der Waals surface area contributed by atoms with Crippen LogP contribution in [0.25, 0.3) is 33.4 Å². The van der Waals surface area contributed by atoms with Gasteiger partial charge in [0.15, 0.2) is 5.78 Å². The average Bonchev–Trinajstić information content (AvgIpc) is 4.16. The second kappa shape index (κ2) is 17.3. The summed E-state index contributed by atoms with van der Waals surface area (Å²) in [5.41, 5.74) is 8.45. The second-order valence-electron chi connectivity index (χ2n) is 21.3. The van der Waals surface area contributed by atoms with Crippen LogP contribution in [-0.4, -0.2) is 140 Å². The van der Waals surface area contributed by atoms with Gasteiger partial charge in [0, 0.05) is 109 Å². The van der Waals surface area contributed by atoms with Crippen LogP contribution in [0.3, 0.4) is 0 Å². The fourth-order valence-electron chi connectivity index (χ4n) is 12.1. The van der Waals surface area contributed by atoms with Gasteiger partial charge < -0.3 is 28.7 Å². The minimum absolute atomic E-state index is 0.0329. The summed E-state index contributed by atoms with van der Waals surface area (Å²) in [7, 11) is 5.59. The standard InChI is InChI=1S/C51H66N8O6S2/c1-10-57-37-16-15-31-23-33(37)34(42(57)32-13-11-19-52-40(32)30(4)64-9)24-49(5,6)28-65-46(61)35-14-12-20-59(54-35)47(62)51(25-38-53-36(31)26-66-38)39(44-45(51)67-44)43(60)41(29(2)3)56(8)48(63)58-22-21-55(7)27-50(58)17-18-50/h11,13,15-16,19,23,26,29-30,35,39,41,44-45,54H,10,12,14,17-18,20-22,24-25,27-28H2,1-9H3/t30-,35-,39?,41-,44?,45?,51?/m0/s1. The van der Waals surface area contributed by atoms with E-state index in [0.29, 0.717) is 32.4 Å². The first-order chi connectivity index (χ1) is 32.0. The lowest BCUT2D eigenvalue weighted by molar-refractivity contribution is -0.165. The maximum Gasteiger partial charge on any atom is 0.324 e. The van der Waals surface area contributed by atoms with Crippen molar-refractivity contribution in [1.82, 2.24) is 39.7 Å². The number of fused-ring (bicyclic) bond motifs is 8. The van der Waals surface area contributed by atoms with Crippen LogP contribution in [0.2, 0.25) is 0 Å². The number of nitrogens with zero attached hydrogens (tertiary/aromatic N) is 7. The summed E-state index contributed by atoms with van der Waals surface area (Å²) in [5, 5.41) is 5.43. The smallest absolute Gasteiger partial charge is 0.324 e. The van der Waals surface area contributed by atoms with Crippen molar-refractivity contribution >= 4 is 57.7 Å². The highest BCUT2D eigenvalue weighted by molar-refractivity contribution is 8.08. The number of rotatable bonds is 8. The molecule has 6 bridgehead atoms. The summed E-state index contributed by atoms with van der Waals surface area (Å²) in [6.45, 7) is 16.0. The number of Topliss-reactive ketones (excluding diaryl/α,β-unsaturated/α-hetero) is 1. The largest absolute Gasteiger partial charge is 0.464 e. The Morgan fingerprint density at radius 2 is 1.88 bits per heavy atom. The van der Waals surface area contributed by atoms with Crippen molar-refractivity contribution in [1.29, 1.82) is 0 Å². The Bertz CT molecular complexity index is 2620. The third kappa shape index (κ3) is 7.80. The quantitative estimate of drug-likeness (QED) is 0.141. The van der Waals surface area contributed by atoms with E-state index in [0.717, 1.165) is 82.2 Å². The minimum atomic E-state index is -1.12. The van der Waals surface area contributed by atoms with Gasteiger partial charge in [0.05, 0.1) is 51.8 Å². The van der Waals surface area contributed by atoms with Crippen molar-refractivity contribution in [3.05, 3.63) is 58.2 Å². The van der Waals surface area contributed by atoms with Gasteiger partial charge in [-0.05, 0) is 88.7 Å². The van der Waals surface area contributed by atoms with Crippen LogP contribution in [0, 0.1) is 22.7 Å². The van der Waals surface area contributed by atoms with Gasteiger partial charge >= 0.3 is 12.0 Å². The molecule has 10 rings (SSSR count). The average molecular weight is 951 g/mol. The molecule has 14 nitrogen and oxygen atoms in total. The SMILES string of the molecule is CCn1c(-c2cccnc2[C@H](C)OC)c2c3cc(ccc31)-c1csc(n1)CC1(C(=O)N3CCC[C@H](N3)C(=O)OCC(C)(C)C2)C2SC2C1C(=O)[C@H](C(C)C)N(C)C(=O)N1CCN(C)CC12CC2. The van der Waals surface area contributed by atoms with Crippen LogP contribution >= 0.6 is 23.1 Å². The van der Waals surface area contributed by atoms with Gasteiger partial charge in [-0.15, -0.1) is 11.3 Å². The number of cyclic esters (lactones) is 1. The number of urea groups is 1. The predicted molar refractivity (Wildman–Crippen MR) is 261 cm³/mol. The third-order valence-electron chi connectivity index (χ3n) is 15.7. The lowest BCUT2D eigenvalue weighted by Gasteiger charge is -2.50. The summed E-state index contributed by atoms with van der Waals surface area (Å²) >= 11 is 3.21. The van der Waals surface area contributed by atoms with Crippen molar-refractivity contribution in [3.63, 3.8) is 0 Å². The Kier molecular flexibility index (Phi) is 11.9. The second-order valence-corrected chi connectivity index (χ2v) is 23.6. The number of carbonyl (C=O) groups is 4. The molecule has 7 atom stereocenters. The molecule has 3 aromatic heterocycles. The molecule has 0 radical (unpaired) electrons. The Morgan fingerprint density at radius 3 is 2.61 bits per heavy atom. The number of thiazole rings is 1. The number of hydrazine groups is 1. The molecule has 4 aromatic rings. The number of likely N-dealkylation sites (N-methyl/N-ethyl adjacent to an activating group) is 2. The predicted octanol–water partition coefficient (Wildman–Crippen LogP) is 7.24. The van der Waals surface area contributed by atoms with Gasteiger partial charge in [-0.2, -0.15) is 11.8 Å². The number of carbonyl (C=O) groups excluding carboxylic acids is 4. The van der Waals surface area contributed by atoms with Crippen molar-refractivity contribution in [2.75, 3.05) is 54.0 Å². The highest BCUT2D eigenvalue weighted by atomic mass is 32.2. The van der Waals surface area contributed by atoms with E-state index < -0.39 is 34.8 Å². The summed E-state index contributed by atoms with van der Waals surface area (Å²) in [6.07, 6.45) is 5.50. The van der Waals surface area contributed by atoms with E-state index in [9.17, 15) is 9.59 Å². The maximum atomic E-state index is 15.5. The van der Waals surface area contributed by atoms with E-state index in [-0.39, 0.29) is 58.8 Å². The molecule has 1 aromatic carbocycles. The molecule has 2 spiro atoms. The van der Waals surface area contributed by atoms with Crippen LogP contribution < -0.4 is 5.43 Å². The zero-order valence-electron chi connectivity index (χ0n) is 40.5.